The van der Waals surface area contributed by atoms with E-state index in [9.17, 15) is 0 Å². The number of rotatable bonds is 5. The highest BCUT2D eigenvalue weighted by molar-refractivity contribution is 6.15. The van der Waals surface area contributed by atoms with E-state index < -0.39 is 0 Å². The van der Waals surface area contributed by atoms with Gasteiger partial charge in [-0.2, -0.15) is 0 Å². The summed E-state index contributed by atoms with van der Waals surface area (Å²) in [6, 6.07) is 76.0. The van der Waals surface area contributed by atoms with Crippen molar-refractivity contribution in [1.29, 1.82) is 0 Å². The molecule has 0 aliphatic carbocycles. The summed E-state index contributed by atoms with van der Waals surface area (Å²) < 4.78 is 0. The zero-order valence-electron chi connectivity index (χ0n) is 32.5. The lowest BCUT2D eigenvalue weighted by molar-refractivity contribution is 1.08. The number of hydrogen-bond donors (Lipinski definition) is 0. The summed E-state index contributed by atoms with van der Waals surface area (Å²) in [6.45, 7) is 0. The number of fused-ring (bicyclic) bond motifs is 8. The Morgan fingerprint density at radius 1 is 0.200 bits per heavy atom. The van der Waals surface area contributed by atoms with Gasteiger partial charge in [0.15, 0.2) is 17.5 Å². The number of benzene rings is 11. The second-order valence-corrected chi connectivity index (χ2v) is 15.6. The van der Waals surface area contributed by atoms with E-state index in [1.165, 1.54) is 54.2 Å². The summed E-state index contributed by atoms with van der Waals surface area (Å²) in [5.41, 5.74) is 7.48. The molecule has 12 aromatic rings. The number of hydrogen-bond acceptors (Lipinski definition) is 3. The second kappa shape index (κ2) is 13.8. The van der Waals surface area contributed by atoms with E-state index in [0.29, 0.717) is 17.5 Å². The lowest BCUT2D eigenvalue weighted by Gasteiger charge is -2.15. The van der Waals surface area contributed by atoms with Crippen molar-refractivity contribution < 1.29 is 0 Å². The summed E-state index contributed by atoms with van der Waals surface area (Å²) in [4.78, 5) is 16.2. The minimum atomic E-state index is 0.631. The van der Waals surface area contributed by atoms with Crippen LogP contribution in [0.2, 0.25) is 0 Å². The Balaban J connectivity index is 1.06. The van der Waals surface area contributed by atoms with E-state index in [1.54, 1.807) is 0 Å². The first-order valence-electron chi connectivity index (χ1n) is 20.4. The molecule has 0 radical (unpaired) electrons. The van der Waals surface area contributed by atoms with Crippen LogP contribution in [-0.2, 0) is 0 Å². The Hall–Kier alpha value is -8.01. The molecule has 0 unspecified atom stereocenters. The lowest BCUT2D eigenvalue weighted by atomic mass is 9.94. The highest BCUT2D eigenvalue weighted by Gasteiger charge is 2.20. The smallest absolute Gasteiger partial charge is 0.164 e. The molecule has 0 bridgehead atoms. The number of nitrogens with zero attached hydrogens (tertiary/aromatic N) is 3. The van der Waals surface area contributed by atoms with Crippen molar-refractivity contribution in [3.63, 3.8) is 0 Å². The molecular weight excluding hydrogens is 727 g/mol. The molecule has 0 fully saturated rings. The second-order valence-electron chi connectivity index (χ2n) is 15.6. The molecule has 278 valence electrons. The van der Waals surface area contributed by atoms with Gasteiger partial charge in [-0.15, -0.1) is 0 Å². The van der Waals surface area contributed by atoms with Crippen molar-refractivity contribution in [3.05, 3.63) is 212 Å². The van der Waals surface area contributed by atoms with Gasteiger partial charge >= 0.3 is 0 Å². The van der Waals surface area contributed by atoms with Crippen LogP contribution in [0.1, 0.15) is 0 Å². The van der Waals surface area contributed by atoms with Crippen LogP contribution in [0.5, 0.6) is 0 Å². The zero-order chi connectivity index (χ0) is 39.6. The maximum atomic E-state index is 5.39. The molecule has 0 saturated heterocycles. The third kappa shape index (κ3) is 5.71. The third-order valence-electron chi connectivity index (χ3n) is 12.1. The van der Waals surface area contributed by atoms with Crippen LogP contribution >= 0.6 is 0 Å². The van der Waals surface area contributed by atoms with Gasteiger partial charge in [-0.3, -0.25) is 0 Å². The molecule has 0 aliphatic heterocycles. The normalized spacial score (nSPS) is 11.7. The largest absolute Gasteiger partial charge is 0.208 e. The molecule has 0 saturated carbocycles. The Bertz CT molecular complexity index is 3540. The van der Waals surface area contributed by atoms with E-state index in [2.05, 4.69) is 212 Å². The zero-order valence-corrected chi connectivity index (χ0v) is 32.5. The van der Waals surface area contributed by atoms with Crippen LogP contribution in [0, 0.1) is 0 Å². The van der Waals surface area contributed by atoms with Gasteiger partial charge < -0.3 is 0 Å². The minimum Gasteiger partial charge on any atom is -0.208 e. The maximum Gasteiger partial charge on any atom is 0.164 e. The van der Waals surface area contributed by atoms with Crippen LogP contribution in [0.15, 0.2) is 212 Å². The van der Waals surface area contributed by atoms with Gasteiger partial charge in [-0.05, 0) is 117 Å². The van der Waals surface area contributed by atoms with E-state index in [0.717, 1.165) is 49.4 Å². The van der Waals surface area contributed by atoms with E-state index >= 15 is 0 Å². The molecule has 12 rings (SSSR count). The van der Waals surface area contributed by atoms with Crippen LogP contribution < -0.4 is 0 Å². The SMILES string of the molecule is c1ccc(-c2nc(-c3cc4ccccc4c4ccccc34)nc(-c3cc4ccccc4c4ccccc34)n2)c(-c2ccc3cc(-c4ccc5ccccc5c4)ccc3c2)c1. The monoisotopic (exact) mass is 761 g/mol. The van der Waals surface area contributed by atoms with E-state index in [-0.39, 0.29) is 0 Å². The first kappa shape index (κ1) is 34.1. The minimum absolute atomic E-state index is 0.631. The van der Waals surface area contributed by atoms with Crippen molar-refractivity contribution >= 4 is 64.6 Å². The molecule has 0 N–H and O–H groups in total. The van der Waals surface area contributed by atoms with Crippen LogP contribution in [0.4, 0.5) is 0 Å². The van der Waals surface area contributed by atoms with Crippen LogP contribution in [-0.4, -0.2) is 15.0 Å². The lowest BCUT2D eigenvalue weighted by Crippen LogP contribution is -2.02. The molecule has 0 aliphatic rings. The van der Waals surface area contributed by atoms with Gasteiger partial charge in [0.25, 0.3) is 0 Å². The molecule has 60 heavy (non-hydrogen) atoms. The van der Waals surface area contributed by atoms with Crippen molar-refractivity contribution in [1.82, 2.24) is 15.0 Å². The molecule has 1 aromatic heterocycles. The first-order valence-corrected chi connectivity index (χ1v) is 20.4. The van der Waals surface area contributed by atoms with Gasteiger partial charge in [0.1, 0.15) is 0 Å². The fourth-order valence-electron chi connectivity index (χ4n) is 9.11. The average molecular weight is 762 g/mol. The molecule has 1 heterocycles. The Morgan fingerprint density at radius 3 is 1.10 bits per heavy atom. The molecule has 0 amide bonds. The van der Waals surface area contributed by atoms with Gasteiger partial charge in [-0.1, -0.05) is 182 Å². The third-order valence-corrected chi connectivity index (χ3v) is 12.1. The molecule has 11 aromatic carbocycles. The predicted molar refractivity (Wildman–Crippen MR) is 252 cm³/mol. The topological polar surface area (TPSA) is 38.7 Å². The molecule has 3 nitrogen and oxygen atoms in total. The van der Waals surface area contributed by atoms with Gasteiger partial charge in [-0.25, -0.2) is 15.0 Å². The molecule has 3 heteroatoms. The molecular formula is C57H35N3. The highest BCUT2D eigenvalue weighted by atomic mass is 15.0. The quantitative estimate of drug-likeness (QED) is 0.164. The van der Waals surface area contributed by atoms with Crippen molar-refractivity contribution in [2.45, 2.75) is 0 Å². The molecule has 0 spiro atoms. The fraction of sp³-hybridized carbons (Fsp3) is 0. The van der Waals surface area contributed by atoms with Crippen molar-refractivity contribution in [2.24, 2.45) is 0 Å². The highest BCUT2D eigenvalue weighted by Crippen LogP contribution is 2.40. The Kier molecular flexibility index (Phi) is 7.85. The molecule has 0 atom stereocenters. The van der Waals surface area contributed by atoms with Crippen molar-refractivity contribution in [3.8, 4) is 56.4 Å². The average Bonchev–Trinajstić information content (AvgIpc) is 3.33. The van der Waals surface area contributed by atoms with Gasteiger partial charge in [0.2, 0.25) is 0 Å². The summed E-state index contributed by atoms with van der Waals surface area (Å²) >= 11 is 0. The standard InChI is InChI=1S/C57H35N3/c1-2-14-37-31-38(26-25-36(37)13-1)39-27-28-41-33-44(30-29-40(41)32-39)47-19-7-12-24-52(47)55-58-56(53-34-42-15-3-5-17-45(42)48-20-8-10-22-50(48)53)60-57(59-55)54-35-43-16-4-6-18-46(43)49-21-9-11-23-51(49)54/h1-35H. The van der Waals surface area contributed by atoms with Crippen LogP contribution in [0.25, 0.3) is 121 Å². The van der Waals surface area contributed by atoms with Gasteiger partial charge in [0.05, 0.1) is 0 Å². The predicted octanol–water partition coefficient (Wildman–Crippen LogP) is 15.1. The summed E-state index contributed by atoms with van der Waals surface area (Å²) in [7, 11) is 0. The van der Waals surface area contributed by atoms with Crippen molar-refractivity contribution in [2.75, 3.05) is 0 Å². The first-order chi connectivity index (χ1) is 29.7. The summed E-state index contributed by atoms with van der Waals surface area (Å²) in [5, 5.41) is 14.1. The van der Waals surface area contributed by atoms with E-state index in [4.69, 9.17) is 15.0 Å². The Labute approximate surface area is 346 Å². The van der Waals surface area contributed by atoms with Gasteiger partial charge in [0, 0.05) is 16.7 Å². The fourth-order valence-corrected chi connectivity index (χ4v) is 9.11. The van der Waals surface area contributed by atoms with Crippen LogP contribution in [0.3, 0.4) is 0 Å². The maximum absolute atomic E-state index is 5.39. The Morgan fingerprint density at radius 2 is 0.550 bits per heavy atom. The summed E-state index contributed by atoms with van der Waals surface area (Å²) in [6.07, 6.45) is 0. The van der Waals surface area contributed by atoms with E-state index in [1.807, 2.05) is 0 Å². The summed E-state index contributed by atoms with van der Waals surface area (Å²) in [5.74, 6) is 1.92. The number of aromatic nitrogens is 3.